The van der Waals surface area contributed by atoms with Crippen LogP contribution in [0.4, 0.5) is 0 Å². The molecule has 1 aliphatic carbocycles. The second-order valence-electron chi connectivity index (χ2n) is 6.42. The first-order valence-electron chi connectivity index (χ1n) is 7.38. The predicted molar refractivity (Wildman–Crippen MR) is 75.5 cm³/mol. The maximum atomic E-state index is 5.46. The molecule has 1 fully saturated rings. The van der Waals surface area contributed by atoms with Crippen LogP contribution in [0.25, 0.3) is 0 Å². The molecule has 0 bridgehead atoms. The Kier molecular flexibility index (Phi) is 4.50. The van der Waals surface area contributed by atoms with Crippen molar-refractivity contribution in [3.8, 4) is 0 Å². The summed E-state index contributed by atoms with van der Waals surface area (Å²) in [5, 5.41) is 3.68. The summed E-state index contributed by atoms with van der Waals surface area (Å²) in [7, 11) is 0. The molecule has 0 spiro atoms. The quantitative estimate of drug-likeness (QED) is 0.801. The third kappa shape index (κ3) is 3.38. The molecule has 0 saturated heterocycles. The second kappa shape index (κ2) is 5.92. The first kappa shape index (κ1) is 13.7. The zero-order valence-electron chi connectivity index (χ0n) is 12.0. The van der Waals surface area contributed by atoms with E-state index in [0.717, 1.165) is 18.2 Å². The van der Waals surface area contributed by atoms with Crippen LogP contribution in [0.2, 0.25) is 0 Å². The highest BCUT2D eigenvalue weighted by atomic mass is 16.3. The lowest BCUT2D eigenvalue weighted by Crippen LogP contribution is -2.34. The van der Waals surface area contributed by atoms with Crippen molar-refractivity contribution >= 4 is 0 Å². The van der Waals surface area contributed by atoms with E-state index < -0.39 is 0 Å². The first-order valence-corrected chi connectivity index (χ1v) is 7.38. The Balaban J connectivity index is 1.90. The summed E-state index contributed by atoms with van der Waals surface area (Å²) >= 11 is 0. The van der Waals surface area contributed by atoms with E-state index in [1.807, 2.05) is 6.07 Å². The molecular weight excluding hydrogens is 222 g/mol. The maximum Gasteiger partial charge on any atom is 0.120 e. The molecule has 2 nitrogen and oxygen atoms in total. The molecule has 102 valence electrons. The molecular formula is C16H27NO. The average molecular weight is 249 g/mol. The van der Waals surface area contributed by atoms with Crippen molar-refractivity contribution in [2.24, 2.45) is 11.3 Å². The largest absolute Gasteiger partial charge is 0.468 e. The molecule has 0 aliphatic heterocycles. The van der Waals surface area contributed by atoms with Gasteiger partial charge in [-0.05, 0) is 49.7 Å². The molecule has 1 aliphatic rings. The third-order valence-corrected chi connectivity index (χ3v) is 4.26. The van der Waals surface area contributed by atoms with Crippen molar-refractivity contribution < 1.29 is 4.42 Å². The van der Waals surface area contributed by atoms with Crippen LogP contribution < -0.4 is 5.32 Å². The molecule has 1 aromatic rings. The van der Waals surface area contributed by atoms with Crippen molar-refractivity contribution in [2.75, 3.05) is 6.54 Å². The van der Waals surface area contributed by atoms with Gasteiger partial charge in [-0.1, -0.05) is 26.7 Å². The summed E-state index contributed by atoms with van der Waals surface area (Å²) in [4.78, 5) is 0. The minimum absolute atomic E-state index is 0.324. The highest BCUT2D eigenvalue weighted by molar-refractivity contribution is 5.03. The van der Waals surface area contributed by atoms with Gasteiger partial charge in [-0.3, -0.25) is 0 Å². The van der Waals surface area contributed by atoms with Gasteiger partial charge in [0.1, 0.15) is 5.76 Å². The zero-order chi connectivity index (χ0) is 13.0. The molecule has 1 N–H and O–H groups in total. The van der Waals surface area contributed by atoms with Crippen LogP contribution in [0.3, 0.4) is 0 Å². The molecule has 2 heteroatoms. The second-order valence-corrected chi connectivity index (χ2v) is 6.42. The summed E-state index contributed by atoms with van der Waals surface area (Å²) < 4.78 is 5.46. The van der Waals surface area contributed by atoms with Crippen LogP contribution >= 0.6 is 0 Å². The van der Waals surface area contributed by atoms with Gasteiger partial charge in [0, 0.05) is 6.54 Å². The van der Waals surface area contributed by atoms with Crippen LogP contribution in [0.15, 0.2) is 22.8 Å². The molecule has 1 unspecified atom stereocenters. The molecule has 2 rings (SSSR count). The number of rotatable bonds is 6. The highest BCUT2D eigenvalue weighted by Gasteiger charge is 2.34. The van der Waals surface area contributed by atoms with Gasteiger partial charge in [0.25, 0.3) is 0 Å². The topological polar surface area (TPSA) is 25.2 Å². The fourth-order valence-corrected chi connectivity index (χ4v) is 3.45. The lowest BCUT2D eigenvalue weighted by atomic mass is 9.78. The Morgan fingerprint density at radius 3 is 2.56 bits per heavy atom. The van der Waals surface area contributed by atoms with Crippen LogP contribution in [0.5, 0.6) is 0 Å². The van der Waals surface area contributed by atoms with E-state index in [-0.39, 0.29) is 0 Å². The van der Waals surface area contributed by atoms with E-state index in [2.05, 4.69) is 32.2 Å². The van der Waals surface area contributed by atoms with Gasteiger partial charge in [0.05, 0.1) is 12.3 Å². The normalized spacial score (nSPS) is 20.4. The number of hydrogen-bond donors (Lipinski definition) is 1. The molecule has 18 heavy (non-hydrogen) atoms. The standard InChI is InChI=1S/C16H27NO/c1-13(2)11-16(8-4-5-9-16)12-17-14(3)15-7-6-10-18-15/h6-7,10,13-14,17H,4-5,8-9,11-12H2,1-3H3. The molecule has 1 atom stereocenters. The Morgan fingerprint density at radius 2 is 2.00 bits per heavy atom. The van der Waals surface area contributed by atoms with Crippen molar-refractivity contribution in [3.05, 3.63) is 24.2 Å². The maximum absolute atomic E-state index is 5.46. The van der Waals surface area contributed by atoms with E-state index >= 15 is 0 Å². The lowest BCUT2D eigenvalue weighted by Gasteiger charge is -2.32. The van der Waals surface area contributed by atoms with Gasteiger partial charge in [-0.15, -0.1) is 0 Å². The summed E-state index contributed by atoms with van der Waals surface area (Å²) in [5.74, 6) is 1.84. The molecule has 1 heterocycles. The van der Waals surface area contributed by atoms with Gasteiger partial charge in [-0.25, -0.2) is 0 Å². The van der Waals surface area contributed by atoms with Crippen LogP contribution in [0.1, 0.15) is 64.7 Å². The predicted octanol–water partition coefficient (Wildman–Crippen LogP) is 4.54. The number of furan rings is 1. The van der Waals surface area contributed by atoms with Gasteiger partial charge in [-0.2, -0.15) is 0 Å². The average Bonchev–Trinajstić information content (AvgIpc) is 2.96. The summed E-state index contributed by atoms with van der Waals surface area (Å²) in [6.45, 7) is 8.01. The Morgan fingerprint density at radius 1 is 1.28 bits per heavy atom. The molecule has 0 radical (unpaired) electrons. The number of hydrogen-bond acceptors (Lipinski definition) is 2. The van der Waals surface area contributed by atoms with Gasteiger partial charge < -0.3 is 9.73 Å². The van der Waals surface area contributed by atoms with Gasteiger partial charge in [0.2, 0.25) is 0 Å². The van der Waals surface area contributed by atoms with Gasteiger partial charge >= 0.3 is 0 Å². The van der Waals surface area contributed by atoms with E-state index in [4.69, 9.17) is 4.42 Å². The van der Waals surface area contributed by atoms with Crippen LogP contribution in [0, 0.1) is 11.3 Å². The lowest BCUT2D eigenvalue weighted by molar-refractivity contribution is 0.213. The van der Waals surface area contributed by atoms with Crippen molar-refractivity contribution in [1.29, 1.82) is 0 Å². The monoisotopic (exact) mass is 249 g/mol. The minimum atomic E-state index is 0.324. The Hall–Kier alpha value is -0.760. The molecule has 1 aromatic heterocycles. The first-order chi connectivity index (χ1) is 8.61. The fraction of sp³-hybridized carbons (Fsp3) is 0.750. The van der Waals surface area contributed by atoms with E-state index in [1.165, 1.54) is 32.1 Å². The van der Waals surface area contributed by atoms with E-state index in [9.17, 15) is 0 Å². The number of nitrogens with one attached hydrogen (secondary N) is 1. The fourth-order valence-electron chi connectivity index (χ4n) is 3.45. The molecule has 0 aromatic carbocycles. The van der Waals surface area contributed by atoms with Crippen molar-refractivity contribution in [3.63, 3.8) is 0 Å². The Bertz CT molecular complexity index is 336. The zero-order valence-corrected chi connectivity index (χ0v) is 12.0. The van der Waals surface area contributed by atoms with E-state index in [1.54, 1.807) is 6.26 Å². The third-order valence-electron chi connectivity index (χ3n) is 4.26. The SMILES string of the molecule is CC(C)CC1(CNC(C)c2ccco2)CCCC1. The smallest absolute Gasteiger partial charge is 0.120 e. The highest BCUT2D eigenvalue weighted by Crippen LogP contribution is 2.42. The van der Waals surface area contributed by atoms with Crippen LogP contribution in [-0.2, 0) is 0 Å². The molecule has 1 saturated carbocycles. The van der Waals surface area contributed by atoms with Crippen molar-refractivity contribution in [2.45, 2.75) is 58.9 Å². The summed E-state index contributed by atoms with van der Waals surface area (Å²) in [6.07, 6.45) is 8.71. The summed E-state index contributed by atoms with van der Waals surface area (Å²) in [5.41, 5.74) is 0.537. The van der Waals surface area contributed by atoms with Crippen LogP contribution in [-0.4, -0.2) is 6.54 Å². The minimum Gasteiger partial charge on any atom is -0.468 e. The molecule has 0 amide bonds. The van der Waals surface area contributed by atoms with Crippen molar-refractivity contribution in [1.82, 2.24) is 5.32 Å². The Labute approximate surface area is 111 Å². The van der Waals surface area contributed by atoms with Gasteiger partial charge in [0.15, 0.2) is 0 Å². The summed E-state index contributed by atoms with van der Waals surface area (Å²) in [6, 6.07) is 4.35. The van der Waals surface area contributed by atoms with E-state index in [0.29, 0.717) is 11.5 Å².